The van der Waals surface area contributed by atoms with Crippen LogP contribution in [0.1, 0.15) is 22.8 Å². The van der Waals surface area contributed by atoms with E-state index in [4.69, 9.17) is 17.0 Å². The summed E-state index contributed by atoms with van der Waals surface area (Å²) in [6, 6.07) is 10.5. The monoisotopic (exact) mass is 514 g/mol. The van der Waals surface area contributed by atoms with Gasteiger partial charge in [0.25, 0.3) is 5.91 Å². The van der Waals surface area contributed by atoms with E-state index >= 15 is 0 Å². The number of ether oxygens (including phenoxy) is 1. The van der Waals surface area contributed by atoms with Crippen molar-refractivity contribution in [3.05, 3.63) is 56.5 Å². The van der Waals surface area contributed by atoms with Crippen LogP contribution in [0.4, 0.5) is 5.69 Å². The quantitative estimate of drug-likeness (QED) is 0.495. The van der Waals surface area contributed by atoms with Crippen LogP contribution < -0.4 is 15.4 Å². The van der Waals surface area contributed by atoms with Crippen molar-refractivity contribution in [3.8, 4) is 5.75 Å². The number of benzene rings is 2. The average Bonchev–Trinajstić information content (AvgIpc) is 2.62. The van der Waals surface area contributed by atoms with E-state index in [1.807, 2.05) is 12.1 Å². The summed E-state index contributed by atoms with van der Waals surface area (Å²) in [7, 11) is 0. The van der Waals surface area contributed by atoms with E-state index in [0.29, 0.717) is 14.7 Å². The van der Waals surface area contributed by atoms with Crippen LogP contribution in [-0.4, -0.2) is 28.7 Å². The van der Waals surface area contributed by atoms with Gasteiger partial charge in [0.15, 0.2) is 11.7 Å². The van der Waals surface area contributed by atoms with Gasteiger partial charge in [-0.25, -0.2) is 4.79 Å². The number of thiocarbonyl (C=S) groups is 1. The normalized spacial score (nSPS) is 10.2. The number of carbonyl (C=O) groups excluding carboxylic acids is 1. The van der Waals surface area contributed by atoms with Crippen molar-refractivity contribution in [1.29, 1.82) is 0 Å². The SMILES string of the molecule is CCc1ccc(OCC(=O)NC(=S)Nc2c(Br)cc(Br)cc2C(=O)O)cc1. The number of rotatable bonds is 6. The van der Waals surface area contributed by atoms with E-state index < -0.39 is 11.9 Å². The Bertz CT molecular complexity index is 872. The maximum atomic E-state index is 12.0. The van der Waals surface area contributed by atoms with E-state index in [1.165, 1.54) is 11.6 Å². The summed E-state index contributed by atoms with van der Waals surface area (Å²) in [4.78, 5) is 23.4. The fourth-order valence-corrected chi connectivity index (χ4v) is 3.69. The third kappa shape index (κ3) is 6.30. The van der Waals surface area contributed by atoms with Gasteiger partial charge in [0, 0.05) is 8.95 Å². The van der Waals surface area contributed by atoms with Crippen LogP contribution in [0, 0.1) is 0 Å². The molecule has 2 rings (SSSR count). The molecule has 9 heteroatoms. The molecule has 0 spiro atoms. The summed E-state index contributed by atoms with van der Waals surface area (Å²) >= 11 is 11.6. The molecule has 0 radical (unpaired) electrons. The first-order valence-corrected chi connectivity index (χ1v) is 9.84. The predicted molar refractivity (Wildman–Crippen MR) is 114 cm³/mol. The molecule has 0 aliphatic rings. The zero-order valence-electron chi connectivity index (χ0n) is 14.2. The molecule has 0 unspecified atom stereocenters. The van der Waals surface area contributed by atoms with Crippen LogP contribution >= 0.6 is 44.1 Å². The van der Waals surface area contributed by atoms with Crippen LogP contribution in [0.25, 0.3) is 0 Å². The van der Waals surface area contributed by atoms with E-state index in [9.17, 15) is 14.7 Å². The molecule has 6 nitrogen and oxygen atoms in total. The molecule has 2 aromatic rings. The van der Waals surface area contributed by atoms with Crippen LogP contribution in [0.15, 0.2) is 45.3 Å². The molecule has 1 amide bonds. The largest absolute Gasteiger partial charge is 0.484 e. The highest BCUT2D eigenvalue weighted by atomic mass is 79.9. The van der Waals surface area contributed by atoms with E-state index in [2.05, 4.69) is 49.4 Å². The van der Waals surface area contributed by atoms with Crippen molar-refractivity contribution in [2.24, 2.45) is 0 Å². The van der Waals surface area contributed by atoms with Gasteiger partial charge in [-0.15, -0.1) is 0 Å². The lowest BCUT2D eigenvalue weighted by atomic mass is 10.2. The fraction of sp³-hybridized carbons (Fsp3) is 0.167. The molecule has 0 saturated heterocycles. The Labute approximate surface area is 178 Å². The number of anilines is 1. The van der Waals surface area contributed by atoms with Gasteiger partial charge in [-0.1, -0.05) is 35.0 Å². The Morgan fingerprint density at radius 1 is 1.19 bits per heavy atom. The number of aromatic carboxylic acids is 1. The lowest BCUT2D eigenvalue weighted by Crippen LogP contribution is -2.37. The molecule has 142 valence electrons. The van der Waals surface area contributed by atoms with Crippen molar-refractivity contribution in [2.75, 3.05) is 11.9 Å². The summed E-state index contributed by atoms with van der Waals surface area (Å²) in [5.74, 6) is -1.02. The van der Waals surface area contributed by atoms with Crippen molar-refractivity contribution in [3.63, 3.8) is 0 Å². The molecule has 0 atom stereocenters. The Balaban J connectivity index is 1.95. The summed E-state index contributed by atoms with van der Waals surface area (Å²) in [5.41, 5.74) is 1.42. The molecule has 0 fully saturated rings. The second-order valence-electron chi connectivity index (χ2n) is 5.40. The molecule has 0 saturated carbocycles. The number of carboxylic acids is 1. The van der Waals surface area contributed by atoms with Gasteiger partial charge in [-0.3, -0.25) is 10.1 Å². The zero-order chi connectivity index (χ0) is 20.0. The highest BCUT2D eigenvalue weighted by molar-refractivity contribution is 9.11. The lowest BCUT2D eigenvalue weighted by molar-refractivity contribution is -0.121. The summed E-state index contributed by atoms with van der Waals surface area (Å²) in [6.45, 7) is 1.83. The smallest absolute Gasteiger partial charge is 0.337 e. The summed E-state index contributed by atoms with van der Waals surface area (Å²) in [5, 5.41) is 14.5. The van der Waals surface area contributed by atoms with Crippen molar-refractivity contribution in [1.82, 2.24) is 5.32 Å². The van der Waals surface area contributed by atoms with Gasteiger partial charge in [0.1, 0.15) is 5.75 Å². The Hall–Kier alpha value is -1.97. The van der Waals surface area contributed by atoms with Gasteiger partial charge in [-0.2, -0.15) is 0 Å². The molecule has 2 aromatic carbocycles. The molecule has 0 aliphatic carbocycles. The van der Waals surface area contributed by atoms with E-state index in [0.717, 1.165) is 6.42 Å². The molecule has 0 aliphatic heterocycles. The molecular weight excluding hydrogens is 500 g/mol. The van der Waals surface area contributed by atoms with Gasteiger partial charge >= 0.3 is 5.97 Å². The topological polar surface area (TPSA) is 87.7 Å². The summed E-state index contributed by atoms with van der Waals surface area (Å²) in [6.07, 6.45) is 0.921. The second-order valence-corrected chi connectivity index (χ2v) is 7.58. The Kier molecular flexibility index (Phi) is 7.76. The lowest BCUT2D eigenvalue weighted by Gasteiger charge is -2.14. The predicted octanol–water partition coefficient (Wildman–Crippen LogP) is 4.36. The van der Waals surface area contributed by atoms with Crippen LogP contribution in [0.5, 0.6) is 5.75 Å². The third-order valence-corrected chi connectivity index (χ3v) is 4.77. The first-order chi connectivity index (χ1) is 12.8. The van der Waals surface area contributed by atoms with Gasteiger partial charge in [0.05, 0.1) is 11.3 Å². The molecule has 0 bridgehead atoms. The minimum Gasteiger partial charge on any atom is -0.484 e. The molecule has 3 N–H and O–H groups in total. The fourth-order valence-electron chi connectivity index (χ4n) is 2.15. The van der Waals surface area contributed by atoms with E-state index in [-0.39, 0.29) is 23.0 Å². The van der Waals surface area contributed by atoms with Crippen molar-refractivity contribution >= 4 is 66.8 Å². The number of hydrogen-bond donors (Lipinski definition) is 3. The number of aryl methyl sites for hydroxylation is 1. The molecule has 27 heavy (non-hydrogen) atoms. The van der Waals surface area contributed by atoms with Crippen LogP contribution in [0.3, 0.4) is 0 Å². The van der Waals surface area contributed by atoms with Crippen molar-refractivity contribution < 1.29 is 19.4 Å². The number of amides is 1. The van der Waals surface area contributed by atoms with Gasteiger partial charge < -0.3 is 15.2 Å². The van der Waals surface area contributed by atoms with Crippen LogP contribution in [-0.2, 0) is 11.2 Å². The maximum Gasteiger partial charge on any atom is 0.337 e. The van der Waals surface area contributed by atoms with Crippen LogP contribution in [0.2, 0.25) is 0 Å². The number of hydrogen-bond acceptors (Lipinski definition) is 4. The average molecular weight is 516 g/mol. The first-order valence-electron chi connectivity index (χ1n) is 7.85. The minimum absolute atomic E-state index is 0.000105. The first kappa shape index (κ1) is 21.3. The number of carboxylic acid groups (broad SMARTS) is 1. The highest BCUT2D eigenvalue weighted by Gasteiger charge is 2.16. The highest BCUT2D eigenvalue weighted by Crippen LogP contribution is 2.30. The minimum atomic E-state index is -1.13. The number of carbonyl (C=O) groups is 2. The number of nitrogens with one attached hydrogen (secondary N) is 2. The molecular formula is C18H16Br2N2O4S. The zero-order valence-corrected chi connectivity index (χ0v) is 18.2. The molecule has 0 aromatic heterocycles. The third-order valence-electron chi connectivity index (χ3n) is 3.48. The van der Waals surface area contributed by atoms with Gasteiger partial charge in [-0.05, 0) is 64.4 Å². The summed E-state index contributed by atoms with van der Waals surface area (Å²) < 4.78 is 6.49. The van der Waals surface area contributed by atoms with E-state index in [1.54, 1.807) is 18.2 Å². The molecule has 0 heterocycles. The standard InChI is InChI=1S/C18H16Br2N2O4S/c1-2-10-3-5-12(6-4-10)26-9-15(23)21-18(27)22-16-13(17(24)25)7-11(19)8-14(16)20/h3-8H,2,9H2,1H3,(H,24,25)(H2,21,22,23,27). The number of halogens is 2. The maximum absolute atomic E-state index is 12.0. The Morgan fingerprint density at radius 2 is 1.85 bits per heavy atom. The van der Waals surface area contributed by atoms with Crippen molar-refractivity contribution in [2.45, 2.75) is 13.3 Å². The Morgan fingerprint density at radius 3 is 2.44 bits per heavy atom. The second kappa shape index (κ2) is 9.82. The van der Waals surface area contributed by atoms with Gasteiger partial charge in [0.2, 0.25) is 0 Å².